The SMILES string of the molecule is CCNC1CCCc2sc(-c3csc(C(C)(C)C)n3)nc21. The van der Waals surface area contributed by atoms with Crippen molar-refractivity contribution in [2.24, 2.45) is 0 Å². The minimum Gasteiger partial charge on any atom is -0.309 e. The predicted molar refractivity (Wildman–Crippen MR) is 91.3 cm³/mol. The molecule has 1 unspecified atom stereocenters. The highest BCUT2D eigenvalue weighted by atomic mass is 32.1. The highest BCUT2D eigenvalue weighted by molar-refractivity contribution is 7.15. The first-order valence-electron chi connectivity index (χ1n) is 7.68. The van der Waals surface area contributed by atoms with Crippen LogP contribution in [0.25, 0.3) is 10.7 Å². The average molecular weight is 322 g/mol. The number of fused-ring (bicyclic) bond motifs is 1. The van der Waals surface area contributed by atoms with Crippen LogP contribution in [0.2, 0.25) is 0 Å². The Morgan fingerprint density at radius 1 is 1.33 bits per heavy atom. The molecule has 1 atom stereocenters. The summed E-state index contributed by atoms with van der Waals surface area (Å²) in [4.78, 5) is 11.2. The van der Waals surface area contributed by atoms with Crippen LogP contribution in [0.5, 0.6) is 0 Å². The van der Waals surface area contributed by atoms with E-state index in [1.807, 2.05) is 11.3 Å². The summed E-state index contributed by atoms with van der Waals surface area (Å²) >= 11 is 3.58. The molecule has 114 valence electrons. The van der Waals surface area contributed by atoms with Crippen LogP contribution in [0, 0.1) is 0 Å². The molecule has 0 radical (unpaired) electrons. The summed E-state index contributed by atoms with van der Waals surface area (Å²) in [6.07, 6.45) is 3.64. The standard InChI is InChI=1S/C16H23N3S2/c1-5-17-10-7-6-8-12-13(10)19-14(21-12)11-9-20-15(18-11)16(2,3)4/h9-10,17H,5-8H2,1-4H3. The van der Waals surface area contributed by atoms with Gasteiger partial charge in [-0.3, -0.25) is 0 Å². The van der Waals surface area contributed by atoms with Crippen molar-refractivity contribution in [2.75, 3.05) is 6.54 Å². The lowest BCUT2D eigenvalue weighted by atomic mass is 9.98. The topological polar surface area (TPSA) is 37.8 Å². The number of thiazole rings is 2. The van der Waals surface area contributed by atoms with Gasteiger partial charge in [0, 0.05) is 15.7 Å². The van der Waals surface area contributed by atoms with Gasteiger partial charge < -0.3 is 5.32 Å². The molecule has 0 amide bonds. The normalized spacial score (nSPS) is 18.8. The third kappa shape index (κ3) is 3.05. The molecule has 5 heteroatoms. The molecule has 0 aromatic carbocycles. The number of hydrogen-bond acceptors (Lipinski definition) is 5. The van der Waals surface area contributed by atoms with E-state index in [1.54, 1.807) is 11.3 Å². The van der Waals surface area contributed by atoms with Crippen LogP contribution in [-0.2, 0) is 11.8 Å². The fourth-order valence-electron chi connectivity index (χ4n) is 2.69. The Morgan fingerprint density at radius 2 is 2.14 bits per heavy atom. The lowest BCUT2D eigenvalue weighted by Crippen LogP contribution is -2.24. The molecule has 2 aromatic rings. The Balaban J connectivity index is 1.92. The van der Waals surface area contributed by atoms with E-state index in [-0.39, 0.29) is 5.41 Å². The fourth-order valence-corrected chi connectivity index (χ4v) is 4.78. The second-order valence-corrected chi connectivity index (χ2v) is 8.56. The maximum absolute atomic E-state index is 4.92. The van der Waals surface area contributed by atoms with Crippen LogP contribution in [-0.4, -0.2) is 16.5 Å². The molecule has 2 heterocycles. The van der Waals surface area contributed by atoms with Crippen molar-refractivity contribution in [3.63, 3.8) is 0 Å². The lowest BCUT2D eigenvalue weighted by Gasteiger charge is -2.21. The van der Waals surface area contributed by atoms with E-state index in [9.17, 15) is 0 Å². The van der Waals surface area contributed by atoms with Crippen LogP contribution in [0.1, 0.15) is 62.2 Å². The molecule has 3 rings (SSSR count). The van der Waals surface area contributed by atoms with Gasteiger partial charge in [0.2, 0.25) is 0 Å². The maximum Gasteiger partial charge on any atom is 0.143 e. The Hall–Kier alpha value is -0.780. The first-order chi connectivity index (χ1) is 9.99. The molecular weight excluding hydrogens is 298 g/mol. The number of nitrogens with zero attached hydrogens (tertiary/aromatic N) is 2. The summed E-state index contributed by atoms with van der Waals surface area (Å²) in [5.41, 5.74) is 2.44. The number of hydrogen-bond donors (Lipinski definition) is 1. The molecule has 0 fully saturated rings. The average Bonchev–Trinajstić information content (AvgIpc) is 3.05. The number of rotatable bonds is 3. The Labute approximate surface area is 134 Å². The molecule has 0 saturated heterocycles. The van der Waals surface area contributed by atoms with Crippen molar-refractivity contribution in [3.05, 3.63) is 21.0 Å². The Kier molecular flexibility index (Phi) is 4.17. The van der Waals surface area contributed by atoms with Gasteiger partial charge in [-0.15, -0.1) is 22.7 Å². The van der Waals surface area contributed by atoms with Gasteiger partial charge in [-0.2, -0.15) is 0 Å². The van der Waals surface area contributed by atoms with Crippen LogP contribution >= 0.6 is 22.7 Å². The van der Waals surface area contributed by atoms with Gasteiger partial charge in [-0.1, -0.05) is 27.7 Å². The van der Waals surface area contributed by atoms with Gasteiger partial charge in [-0.05, 0) is 25.8 Å². The molecule has 21 heavy (non-hydrogen) atoms. The lowest BCUT2D eigenvalue weighted by molar-refractivity contribution is 0.465. The summed E-state index contributed by atoms with van der Waals surface area (Å²) in [6, 6.07) is 0.435. The largest absolute Gasteiger partial charge is 0.309 e. The maximum atomic E-state index is 4.92. The van der Waals surface area contributed by atoms with E-state index >= 15 is 0 Å². The quantitative estimate of drug-likeness (QED) is 0.901. The zero-order valence-electron chi connectivity index (χ0n) is 13.2. The van der Waals surface area contributed by atoms with E-state index < -0.39 is 0 Å². The fraction of sp³-hybridized carbons (Fsp3) is 0.625. The van der Waals surface area contributed by atoms with Gasteiger partial charge in [-0.25, -0.2) is 9.97 Å². The van der Waals surface area contributed by atoms with Crippen LogP contribution < -0.4 is 5.32 Å². The monoisotopic (exact) mass is 321 g/mol. The van der Waals surface area contributed by atoms with Crippen LogP contribution in [0.15, 0.2) is 5.38 Å². The molecule has 2 aromatic heterocycles. The van der Waals surface area contributed by atoms with Crippen LogP contribution in [0.3, 0.4) is 0 Å². The predicted octanol–water partition coefficient (Wildman–Crippen LogP) is 4.55. The summed E-state index contributed by atoms with van der Waals surface area (Å²) in [7, 11) is 0. The summed E-state index contributed by atoms with van der Waals surface area (Å²) < 4.78 is 0. The number of aromatic nitrogens is 2. The van der Waals surface area contributed by atoms with E-state index in [1.165, 1.54) is 34.8 Å². The van der Waals surface area contributed by atoms with Gasteiger partial charge >= 0.3 is 0 Å². The molecular formula is C16H23N3S2. The van der Waals surface area contributed by atoms with Crippen molar-refractivity contribution in [1.82, 2.24) is 15.3 Å². The third-order valence-corrected chi connectivity index (χ3v) is 6.19. The minimum absolute atomic E-state index is 0.117. The van der Waals surface area contributed by atoms with Crippen molar-refractivity contribution in [3.8, 4) is 10.7 Å². The molecule has 1 N–H and O–H groups in total. The van der Waals surface area contributed by atoms with Gasteiger partial charge in [0.25, 0.3) is 0 Å². The van der Waals surface area contributed by atoms with Crippen LogP contribution in [0.4, 0.5) is 0 Å². The van der Waals surface area contributed by atoms with Gasteiger partial charge in [0.05, 0.1) is 16.7 Å². The van der Waals surface area contributed by atoms with Crippen molar-refractivity contribution >= 4 is 22.7 Å². The zero-order chi connectivity index (χ0) is 15.0. The summed E-state index contributed by atoms with van der Waals surface area (Å²) in [5.74, 6) is 0. The van der Waals surface area contributed by atoms with Gasteiger partial charge in [0.15, 0.2) is 0 Å². The van der Waals surface area contributed by atoms with E-state index in [2.05, 4.69) is 38.4 Å². The van der Waals surface area contributed by atoms with Crippen molar-refractivity contribution in [2.45, 2.75) is 58.4 Å². The molecule has 0 saturated carbocycles. The highest BCUT2D eigenvalue weighted by Gasteiger charge is 2.26. The number of aryl methyl sites for hydroxylation is 1. The first-order valence-corrected chi connectivity index (χ1v) is 9.38. The second kappa shape index (κ2) is 5.78. The molecule has 3 nitrogen and oxygen atoms in total. The third-order valence-electron chi connectivity index (χ3n) is 3.77. The van der Waals surface area contributed by atoms with E-state index in [0.29, 0.717) is 6.04 Å². The Bertz CT molecular complexity index is 622. The number of nitrogens with one attached hydrogen (secondary N) is 1. The summed E-state index contributed by atoms with van der Waals surface area (Å²) in [5, 5.41) is 8.00. The van der Waals surface area contributed by atoms with Crippen molar-refractivity contribution < 1.29 is 0 Å². The minimum atomic E-state index is 0.117. The first kappa shape index (κ1) is 15.1. The summed E-state index contributed by atoms with van der Waals surface area (Å²) in [6.45, 7) is 9.80. The van der Waals surface area contributed by atoms with Crippen molar-refractivity contribution in [1.29, 1.82) is 0 Å². The molecule has 0 aliphatic heterocycles. The molecule has 0 bridgehead atoms. The van der Waals surface area contributed by atoms with E-state index in [4.69, 9.17) is 9.97 Å². The Morgan fingerprint density at radius 3 is 2.81 bits per heavy atom. The van der Waals surface area contributed by atoms with E-state index in [0.717, 1.165) is 17.2 Å². The smallest absolute Gasteiger partial charge is 0.143 e. The molecule has 0 spiro atoms. The second-order valence-electron chi connectivity index (χ2n) is 6.62. The highest BCUT2D eigenvalue weighted by Crippen LogP contribution is 2.38. The van der Waals surface area contributed by atoms with Gasteiger partial charge in [0.1, 0.15) is 10.7 Å². The zero-order valence-corrected chi connectivity index (χ0v) is 14.8. The molecule has 1 aliphatic carbocycles. The molecule has 1 aliphatic rings.